The number of hydrogen-bond acceptors (Lipinski definition) is 5. The van der Waals surface area contributed by atoms with Crippen molar-refractivity contribution in [3.8, 4) is 11.5 Å². The molecule has 7 atom stereocenters. The van der Waals surface area contributed by atoms with Crippen LogP contribution in [0.3, 0.4) is 0 Å². The molecule has 5 heteroatoms. The van der Waals surface area contributed by atoms with E-state index in [0.29, 0.717) is 17.7 Å². The Morgan fingerprint density at radius 3 is 2.77 bits per heavy atom. The first-order chi connectivity index (χ1) is 16.7. The van der Waals surface area contributed by atoms with Gasteiger partial charge in [0.25, 0.3) is 0 Å². The fraction of sp³-hybridized carbons (Fsp3) is 0.733. The largest absolute Gasteiger partial charge is 0.504 e. The molecule has 1 aromatic rings. The van der Waals surface area contributed by atoms with Gasteiger partial charge in [-0.25, -0.2) is 0 Å². The average Bonchev–Trinajstić information content (AvgIpc) is 3.57. The van der Waals surface area contributed by atoms with Crippen molar-refractivity contribution in [2.45, 2.75) is 94.5 Å². The van der Waals surface area contributed by atoms with Gasteiger partial charge in [-0.3, -0.25) is 4.90 Å². The maximum Gasteiger partial charge on any atom is 0.165 e. The second-order valence-electron chi connectivity index (χ2n) is 13.3. The van der Waals surface area contributed by atoms with Gasteiger partial charge in [0.15, 0.2) is 11.5 Å². The van der Waals surface area contributed by atoms with E-state index < -0.39 is 11.2 Å². The maximum absolute atomic E-state index is 12.1. The van der Waals surface area contributed by atoms with Gasteiger partial charge in [0.1, 0.15) is 11.7 Å². The summed E-state index contributed by atoms with van der Waals surface area (Å²) in [7, 11) is 1.79. The highest BCUT2D eigenvalue weighted by molar-refractivity contribution is 5.65. The van der Waals surface area contributed by atoms with E-state index in [2.05, 4.69) is 37.0 Å². The molecule has 2 spiro atoms. The van der Waals surface area contributed by atoms with Crippen LogP contribution in [0.2, 0.25) is 0 Å². The normalized spacial score (nSPS) is 42.2. The van der Waals surface area contributed by atoms with E-state index in [0.717, 1.165) is 44.6 Å². The minimum atomic E-state index is -0.865. The van der Waals surface area contributed by atoms with Crippen LogP contribution in [0.15, 0.2) is 24.3 Å². The van der Waals surface area contributed by atoms with E-state index >= 15 is 0 Å². The first-order valence-corrected chi connectivity index (χ1v) is 13.9. The summed E-state index contributed by atoms with van der Waals surface area (Å²) in [5.74, 6) is 2.24. The molecule has 5 aliphatic carbocycles. The zero-order chi connectivity index (χ0) is 24.4. The topological polar surface area (TPSA) is 62.2 Å². The summed E-state index contributed by atoms with van der Waals surface area (Å²) in [5, 5.41) is 23.0. The molecule has 35 heavy (non-hydrogen) atoms. The second kappa shape index (κ2) is 7.05. The van der Waals surface area contributed by atoms with Crippen LogP contribution in [0.1, 0.15) is 70.4 Å². The Balaban J connectivity index is 1.43. The molecule has 2 N–H and O–H groups in total. The summed E-state index contributed by atoms with van der Waals surface area (Å²) in [4.78, 5) is 2.78. The SMILES string of the molecule is COC12C=CC3(C[C@H]1C(C)(O)CCC(C)C)C1Cc4ccc(O)c5c4C3(CCN1CC1CC1)[C@@H]2O5. The number of fused-ring (bicyclic) bond motifs is 1. The van der Waals surface area contributed by atoms with Crippen LogP contribution in [0.5, 0.6) is 11.5 Å². The Bertz CT molecular complexity index is 1090. The van der Waals surface area contributed by atoms with E-state index in [1.165, 1.54) is 30.5 Å². The van der Waals surface area contributed by atoms with Crippen LogP contribution in [0.25, 0.3) is 0 Å². The highest BCUT2D eigenvalue weighted by Crippen LogP contribution is 2.75. The quantitative estimate of drug-likeness (QED) is 0.561. The van der Waals surface area contributed by atoms with Crippen molar-refractivity contribution in [3.63, 3.8) is 0 Å². The molecule has 8 rings (SSSR count). The number of aliphatic hydroxyl groups is 1. The van der Waals surface area contributed by atoms with Crippen LogP contribution in [-0.4, -0.2) is 58.7 Å². The van der Waals surface area contributed by atoms with Crippen LogP contribution >= 0.6 is 0 Å². The Morgan fingerprint density at radius 2 is 2.06 bits per heavy atom. The molecule has 0 aromatic heterocycles. The molecule has 5 unspecified atom stereocenters. The number of aromatic hydroxyl groups is 1. The lowest BCUT2D eigenvalue weighted by Crippen LogP contribution is -2.80. The molecule has 2 heterocycles. The molecule has 0 radical (unpaired) electrons. The summed E-state index contributed by atoms with van der Waals surface area (Å²) < 4.78 is 13.3. The van der Waals surface area contributed by atoms with E-state index in [4.69, 9.17) is 9.47 Å². The Labute approximate surface area is 209 Å². The minimum absolute atomic E-state index is 0.0664. The second-order valence-corrected chi connectivity index (χ2v) is 13.3. The number of rotatable bonds is 7. The number of nitrogens with zero attached hydrogens (tertiary/aromatic N) is 1. The molecule has 190 valence electrons. The first-order valence-electron chi connectivity index (χ1n) is 13.9. The van der Waals surface area contributed by atoms with Crippen molar-refractivity contribution < 1.29 is 19.7 Å². The van der Waals surface area contributed by atoms with E-state index in [-0.39, 0.29) is 28.6 Å². The fourth-order valence-electron chi connectivity index (χ4n) is 9.24. The monoisotopic (exact) mass is 479 g/mol. The number of hydrogen-bond donors (Lipinski definition) is 2. The standard InChI is InChI=1S/C30H41NO4/c1-18(2)9-10-27(3,33)22-16-28-11-12-30(22,34-4)26-29(28)13-14-31(17-19-5-6-19)23(28)15-20-7-8-21(32)25(35-26)24(20)29/h7-8,11-12,18-19,22-23,26,32-33H,5-6,9-10,13-17H2,1-4H3/t22-,23?,26-,27?,28?,29?,30?/m0/s1. The molecule has 1 saturated heterocycles. The zero-order valence-corrected chi connectivity index (χ0v) is 21.7. The van der Waals surface area contributed by atoms with E-state index in [1.54, 1.807) is 7.11 Å². The predicted octanol–water partition coefficient (Wildman–Crippen LogP) is 4.58. The third-order valence-corrected chi connectivity index (χ3v) is 11.1. The van der Waals surface area contributed by atoms with Crippen LogP contribution in [-0.2, 0) is 16.6 Å². The molecule has 0 amide bonds. The molecule has 1 aromatic carbocycles. The molecule has 2 aliphatic heterocycles. The third-order valence-electron chi connectivity index (χ3n) is 11.1. The number of methoxy groups -OCH3 is 1. The van der Waals surface area contributed by atoms with Gasteiger partial charge >= 0.3 is 0 Å². The number of phenols is 1. The zero-order valence-electron chi connectivity index (χ0n) is 21.7. The molecule has 4 bridgehead atoms. The lowest BCUT2D eigenvalue weighted by atomic mass is 9.36. The minimum Gasteiger partial charge on any atom is -0.504 e. The van der Waals surface area contributed by atoms with E-state index in [1.807, 2.05) is 13.0 Å². The summed E-state index contributed by atoms with van der Waals surface area (Å²) in [5.41, 5.74) is 0.669. The lowest BCUT2D eigenvalue weighted by Gasteiger charge is -2.72. The number of piperidine rings is 1. The van der Waals surface area contributed by atoms with Crippen LogP contribution < -0.4 is 4.74 Å². The third kappa shape index (κ3) is 2.65. The molecular weight excluding hydrogens is 438 g/mol. The first kappa shape index (κ1) is 22.6. The fourth-order valence-corrected chi connectivity index (χ4v) is 9.24. The van der Waals surface area contributed by atoms with Crippen molar-refractivity contribution in [1.29, 1.82) is 0 Å². The number of likely N-dealkylation sites (tertiary alicyclic amines) is 1. The number of ether oxygens (including phenoxy) is 2. The van der Waals surface area contributed by atoms with Gasteiger partial charge in [-0.1, -0.05) is 32.1 Å². The van der Waals surface area contributed by atoms with Crippen LogP contribution in [0.4, 0.5) is 0 Å². The molecule has 2 saturated carbocycles. The Kier molecular flexibility index (Phi) is 4.56. The summed E-state index contributed by atoms with van der Waals surface area (Å²) in [6.07, 6.45) is 11.9. The molecular formula is C30H41NO4. The van der Waals surface area contributed by atoms with Crippen molar-refractivity contribution in [3.05, 3.63) is 35.4 Å². The van der Waals surface area contributed by atoms with Gasteiger partial charge in [-0.15, -0.1) is 0 Å². The molecule has 5 nitrogen and oxygen atoms in total. The number of phenolic OH excluding ortho intramolecular Hbond substituents is 1. The number of benzene rings is 1. The van der Waals surface area contributed by atoms with Crippen molar-refractivity contribution in [2.75, 3.05) is 20.2 Å². The molecule has 7 aliphatic rings. The van der Waals surface area contributed by atoms with Gasteiger partial charge in [0.05, 0.1) is 11.0 Å². The maximum atomic E-state index is 12.1. The van der Waals surface area contributed by atoms with Gasteiger partial charge in [0, 0.05) is 36.6 Å². The summed E-state index contributed by atoms with van der Waals surface area (Å²) in [6, 6.07) is 4.36. The smallest absolute Gasteiger partial charge is 0.165 e. The lowest BCUT2D eigenvalue weighted by molar-refractivity contribution is -0.249. The highest BCUT2D eigenvalue weighted by Gasteiger charge is 2.80. The van der Waals surface area contributed by atoms with Gasteiger partial charge in [-0.05, 0) is 81.9 Å². The average molecular weight is 480 g/mol. The predicted molar refractivity (Wildman–Crippen MR) is 135 cm³/mol. The summed E-state index contributed by atoms with van der Waals surface area (Å²) in [6.45, 7) is 8.74. The van der Waals surface area contributed by atoms with Crippen LogP contribution in [0, 0.1) is 23.2 Å². The molecule has 3 fully saturated rings. The van der Waals surface area contributed by atoms with Gasteiger partial charge < -0.3 is 19.7 Å². The van der Waals surface area contributed by atoms with Gasteiger partial charge in [-0.2, -0.15) is 0 Å². The van der Waals surface area contributed by atoms with E-state index in [9.17, 15) is 10.2 Å². The Hall–Kier alpha value is -1.56. The Morgan fingerprint density at radius 1 is 1.26 bits per heavy atom. The highest BCUT2D eigenvalue weighted by atomic mass is 16.6. The van der Waals surface area contributed by atoms with Crippen molar-refractivity contribution >= 4 is 0 Å². The summed E-state index contributed by atoms with van der Waals surface area (Å²) >= 11 is 0. The van der Waals surface area contributed by atoms with Crippen molar-refractivity contribution in [2.24, 2.45) is 23.2 Å². The van der Waals surface area contributed by atoms with Crippen molar-refractivity contribution in [1.82, 2.24) is 4.90 Å². The van der Waals surface area contributed by atoms with Gasteiger partial charge in [0.2, 0.25) is 0 Å².